The van der Waals surface area contributed by atoms with Crippen molar-refractivity contribution in [3.05, 3.63) is 42.0 Å². The molecule has 88 valence electrons. The van der Waals surface area contributed by atoms with Crippen molar-refractivity contribution in [2.75, 3.05) is 0 Å². The quantitative estimate of drug-likeness (QED) is 0.837. The van der Waals surface area contributed by atoms with Gasteiger partial charge in [0.15, 0.2) is 0 Å². The fourth-order valence-electron chi connectivity index (χ4n) is 1.33. The summed E-state index contributed by atoms with van der Waals surface area (Å²) < 4.78 is 1.71. The van der Waals surface area contributed by atoms with Crippen LogP contribution in [0.4, 0.5) is 0 Å². The van der Waals surface area contributed by atoms with Gasteiger partial charge in [-0.3, -0.25) is 14.5 Å². The topological polar surface area (TPSA) is 72.7 Å². The van der Waals surface area contributed by atoms with Crippen LogP contribution in [0.3, 0.4) is 0 Å². The van der Waals surface area contributed by atoms with Crippen molar-refractivity contribution in [2.24, 2.45) is 0 Å². The molecular formula is C11H13N5O. The van der Waals surface area contributed by atoms with Crippen molar-refractivity contribution >= 4 is 5.91 Å². The zero-order valence-electron chi connectivity index (χ0n) is 9.50. The summed E-state index contributed by atoms with van der Waals surface area (Å²) in [6, 6.07) is 5.21. The lowest BCUT2D eigenvalue weighted by Crippen LogP contribution is -2.23. The van der Waals surface area contributed by atoms with Gasteiger partial charge >= 0.3 is 0 Å². The summed E-state index contributed by atoms with van der Waals surface area (Å²) in [5, 5.41) is 10.6. The van der Waals surface area contributed by atoms with Gasteiger partial charge in [-0.2, -0.15) is 0 Å². The first-order valence-corrected chi connectivity index (χ1v) is 5.38. The maximum Gasteiger partial charge on any atom is 0.270 e. The molecule has 0 aliphatic carbocycles. The van der Waals surface area contributed by atoms with Gasteiger partial charge in [0.25, 0.3) is 5.91 Å². The SMILES string of the molecule is CCn1cc(CNC(=O)c2ccccn2)nn1. The van der Waals surface area contributed by atoms with Gasteiger partial charge in [-0.15, -0.1) is 5.10 Å². The van der Waals surface area contributed by atoms with Gasteiger partial charge in [-0.25, -0.2) is 0 Å². The van der Waals surface area contributed by atoms with E-state index in [1.165, 1.54) is 0 Å². The lowest BCUT2D eigenvalue weighted by molar-refractivity contribution is 0.0945. The molecule has 0 atom stereocenters. The lowest BCUT2D eigenvalue weighted by atomic mass is 10.3. The number of aromatic nitrogens is 4. The zero-order valence-corrected chi connectivity index (χ0v) is 9.50. The molecule has 0 aromatic carbocycles. The number of rotatable bonds is 4. The van der Waals surface area contributed by atoms with Gasteiger partial charge in [0.05, 0.1) is 12.7 Å². The average Bonchev–Trinajstić information content (AvgIpc) is 2.85. The van der Waals surface area contributed by atoms with E-state index in [4.69, 9.17) is 0 Å². The molecule has 1 amide bonds. The molecule has 0 bridgehead atoms. The smallest absolute Gasteiger partial charge is 0.270 e. The Hall–Kier alpha value is -2.24. The fraction of sp³-hybridized carbons (Fsp3) is 0.273. The number of nitrogens with zero attached hydrogens (tertiary/aromatic N) is 4. The van der Waals surface area contributed by atoms with Crippen LogP contribution in [0.1, 0.15) is 23.1 Å². The van der Waals surface area contributed by atoms with E-state index in [0.717, 1.165) is 12.2 Å². The van der Waals surface area contributed by atoms with Gasteiger partial charge in [0, 0.05) is 12.7 Å². The number of carbonyl (C=O) groups excluding carboxylic acids is 1. The molecule has 17 heavy (non-hydrogen) atoms. The van der Waals surface area contributed by atoms with E-state index in [1.807, 2.05) is 6.92 Å². The highest BCUT2D eigenvalue weighted by atomic mass is 16.1. The number of amides is 1. The third-order valence-electron chi connectivity index (χ3n) is 2.24. The highest BCUT2D eigenvalue weighted by Gasteiger charge is 2.06. The maximum atomic E-state index is 11.7. The fourth-order valence-corrected chi connectivity index (χ4v) is 1.33. The van der Waals surface area contributed by atoms with Crippen LogP contribution in [-0.4, -0.2) is 25.9 Å². The number of hydrogen-bond acceptors (Lipinski definition) is 4. The third kappa shape index (κ3) is 2.87. The minimum absolute atomic E-state index is 0.211. The molecule has 0 fully saturated rings. The molecule has 6 nitrogen and oxygen atoms in total. The van der Waals surface area contributed by atoms with Crippen molar-refractivity contribution in [3.8, 4) is 0 Å². The second-order valence-electron chi connectivity index (χ2n) is 3.46. The molecule has 0 unspecified atom stereocenters. The summed E-state index contributed by atoms with van der Waals surface area (Å²) in [6.07, 6.45) is 3.39. The van der Waals surface area contributed by atoms with Crippen molar-refractivity contribution in [1.82, 2.24) is 25.3 Å². The first-order valence-electron chi connectivity index (χ1n) is 5.38. The Bertz CT molecular complexity index is 494. The first kappa shape index (κ1) is 11.3. The predicted molar refractivity (Wildman–Crippen MR) is 61.1 cm³/mol. The van der Waals surface area contributed by atoms with Gasteiger partial charge in [0.2, 0.25) is 0 Å². The summed E-state index contributed by atoms with van der Waals surface area (Å²) in [4.78, 5) is 15.6. The van der Waals surface area contributed by atoms with Crippen molar-refractivity contribution < 1.29 is 4.79 Å². The van der Waals surface area contributed by atoms with E-state index < -0.39 is 0 Å². The highest BCUT2D eigenvalue weighted by Crippen LogP contribution is 1.96. The number of hydrogen-bond donors (Lipinski definition) is 1. The summed E-state index contributed by atoms with van der Waals surface area (Å²) in [7, 11) is 0. The summed E-state index contributed by atoms with van der Waals surface area (Å²) in [5.74, 6) is -0.211. The minimum atomic E-state index is -0.211. The van der Waals surface area contributed by atoms with Crippen LogP contribution in [0, 0.1) is 0 Å². The Morgan fingerprint density at radius 2 is 2.35 bits per heavy atom. The van der Waals surface area contributed by atoms with Crippen LogP contribution in [0.5, 0.6) is 0 Å². The van der Waals surface area contributed by atoms with Gasteiger partial charge in [-0.05, 0) is 19.1 Å². The molecule has 0 saturated carbocycles. The van der Waals surface area contributed by atoms with Crippen LogP contribution in [0.2, 0.25) is 0 Å². The Morgan fingerprint density at radius 1 is 1.47 bits per heavy atom. The van der Waals surface area contributed by atoms with Crippen LogP contribution in [0.25, 0.3) is 0 Å². The molecule has 0 saturated heterocycles. The van der Waals surface area contributed by atoms with Crippen LogP contribution >= 0.6 is 0 Å². The second kappa shape index (κ2) is 5.20. The third-order valence-corrected chi connectivity index (χ3v) is 2.24. The molecular weight excluding hydrogens is 218 g/mol. The Labute approximate surface area is 98.7 Å². The van der Waals surface area contributed by atoms with Gasteiger partial charge in [0.1, 0.15) is 11.4 Å². The molecule has 0 spiro atoms. The molecule has 0 aliphatic heterocycles. The summed E-state index contributed by atoms with van der Waals surface area (Å²) >= 11 is 0. The largest absolute Gasteiger partial charge is 0.345 e. The van der Waals surface area contributed by atoms with E-state index in [0.29, 0.717) is 12.2 Å². The zero-order chi connectivity index (χ0) is 12.1. The van der Waals surface area contributed by atoms with E-state index >= 15 is 0 Å². The second-order valence-corrected chi connectivity index (χ2v) is 3.46. The Balaban J connectivity index is 1.92. The molecule has 2 rings (SSSR count). The molecule has 0 radical (unpaired) electrons. The van der Waals surface area contributed by atoms with Gasteiger partial charge in [-0.1, -0.05) is 11.3 Å². The highest BCUT2D eigenvalue weighted by molar-refractivity contribution is 5.92. The molecule has 2 aromatic heterocycles. The normalized spacial score (nSPS) is 10.2. The minimum Gasteiger partial charge on any atom is -0.345 e. The number of aryl methyl sites for hydroxylation is 1. The number of carbonyl (C=O) groups is 1. The molecule has 2 heterocycles. The number of nitrogens with one attached hydrogen (secondary N) is 1. The number of pyridine rings is 1. The average molecular weight is 231 g/mol. The van der Waals surface area contributed by atoms with Crippen LogP contribution < -0.4 is 5.32 Å². The van der Waals surface area contributed by atoms with E-state index in [9.17, 15) is 4.79 Å². The first-order chi connectivity index (χ1) is 8.29. The molecule has 2 aromatic rings. The Morgan fingerprint density at radius 3 is 3.00 bits per heavy atom. The standard InChI is InChI=1S/C11H13N5O/c1-2-16-8-9(14-15-16)7-13-11(17)10-5-3-4-6-12-10/h3-6,8H,2,7H2,1H3,(H,13,17). The maximum absolute atomic E-state index is 11.7. The molecule has 1 N–H and O–H groups in total. The monoisotopic (exact) mass is 231 g/mol. The predicted octanol–water partition coefficient (Wildman–Crippen LogP) is 0.623. The summed E-state index contributed by atoms with van der Waals surface area (Å²) in [5.41, 5.74) is 1.13. The van der Waals surface area contributed by atoms with Crippen molar-refractivity contribution in [2.45, 2.75) is 20.0 Å². The molecule has 6 heteroatoms. The van der Waals surface area contributed by atoms with E-state index in [-0.39, 0.29) is 5.91 Å². The van der Waals surface area contributed by atoms with Crippen LogP contribution in [0.15, 0.2) is 30.6 Å². The lowest BCUT2D eigenvalue weighted by Gasteiger charge is -2.01. The van der Waals surface area contributed by atoms with Gasteiger partial charge < -0.3 is 5.32 Å². The van der Waals surface area contributed by atoms with Crippen LogP contribution in [-0.2, 0) is 13.1 Å². The van der Waals surface area contributed by atoms with Crippen molar-refractivity contribution in [3.63, 3.8) is 0 Å². The van der Waals surface area contributed by atoms with E-state index in [1.54, 1.807) is 35.3 Å². The van der Waals surface area contributed by atoms with E-state index in [2.05, 4.69) is 20.6 Å². The molecule has 0 aliphatic rings. The van der Waals surface area contributed by atoms with Crippen molar-refractivity contribution in [1.29, 1.82) is 0 Å². The summed E-state index contributed by atoms with van der Waals surface area (Å²) in [6.45, 7) is 3.10. The Kier molecular flexibility index (Phi) is 3.44.